The summed E-state index contributed by atoms with van der Waals surface area (Å²) in [6.45, 7) is 3.65. The molecule has 0 heterocycles. The van der Waals surface area contributed by atoms with E-state index in [4.69, 9.17) is 5.11 Å². The summed E-state index contributed by atoms with van der Waals surface area (Å²) in [5, 5.41) is 8.59. The van der Waals surface area contributed by atoms with Crippen molar-refractivity contribution < 1.29 is 9.90 Å². The number of carbonyl (C=O) groups is 1. The SMILES string of the molecule is CC(CN(C)CCC(=O)O)c1ccccc1. The van der Waals surface area contributed by atoms with Crippen LogP contribution in [0, 0.1) is 0 Å². The summed E-state index contributed by atoms with van der Waals surface area (Å²) in [7, 11) is 1.96. The minimum absolute atomic E-state index is 0.206. The van der Waals surface area contributed by atoms with Crippen LogP contribution < -0.4 is 0 Å². The van der Waals surface area contributed by atoms with Crippen molar-refractivity contribution in [2.24, 2.45) is 0 Å². The van der Waals surface area contributed by atoms with Gasteiger partial charge in [-0.3, -0.25) is 4.79 Å². The summed E-state index contributed by atoms with van der Waals surface area (Å²) in [4.78, 5) is 12.5. The molecule has 0 saturated carbocycles. The number of nitrogens with zero attached hydrogens (tertiary/aromatic N) is 1. The van der Waals surface area contributed by atoms with E-state index in [1.54, 1.807) is 0 Å². The first kappa shape index (κ1) is 12.7. The summed E-state index contributed by atoms with van der Waals surface area (Å²) >= 11 is 0. The molecule has 0 aliphatic heterocycles. The Morgan fingerprint density at radius 1 is 1.38 bits per heavy atom. The van der Waals surface area contributed by atoms with Crippen LogP contribution in [0.4, 0.5) is 0 Å². The van der Waals surface area contributed by atoms with E-state index in [2.05, 4.69) is 24.0 Å². The van der Waals surface area contributed by atoms with E-state index < -0.39 is 5.97 Å². The number of hydrogen-bond donors (Lipinski definition) is 1. The molecular weight excluding hydrogens is 202 g/mol. The van der Waals surface area contributed by atoms with Gasteiger partial charge >= 0.3 is 5.97 Å². The lowest BCUT2D eigenvalue weighted by atomic mass is 10.0. The minimum Gasteiger partial charge on any atom is -0.481 e. The Hall–Kier alpha value is -1.35. The van der Waals surface area contributed by atoms with E-state index in [-0.39, 0.29) is 6.42 Å². The molecule has 0 fully saturated rings. The molecule has 3 nitrogen and oxygen atoms in total. The number of aliphatic carboxylic acids is 1. The first-order valence-electron chi connectivity index (χ1n) is 5.55. The predicted molar refractivity (Wildman–Crippen MR) is 64.6 cm³/mol. The van der Waals surface area contributed by atoms with Crippen molar-refractivity contribution in [2.45, 2.75) is 19.3 Å². The highest BCUT2D eigenvalue weighted by molar-refractivity contribution is 5.66. The number of likely N-dealkylation sites (N-methyl/N-ethyl adjacent to an activating group) is 1. The van der Waals surface area contributed by atoms with Crippen LogP contribution >= 0.6 is 0 Å². The van der Waals surface area contributed by atoms with Crippen LogP contribution in [0.2, 0.25) is 0 Å². The highest BCUT2D eigenvalue weighted by Gasteiger charge is 2.09. The van der Waals surface area contributed by atoms with Gasteiger partial charge in [0.2, 0.25) is 0 Å². The van der Waals surface area contributed by atoms with E-state index in [1.807, 2.05) is 25.2 Å². The standard InChI is InChI=1S/C13H19NO2/c1-11(12-6-4-3-5-7-12)10-14(2)9-8-13(15)16/h3-7,11H,8-10H2,1-2H3,(H,15,16). The van der Waals surface area contributed by atoms with Gasteiger partial charge in [-0.2, -0.15) is 0 Å². The number of benzene rings is 1. The van der Waals surface area contributed by atoms with E-state index in [9.17, 15) is 4.79 Å². The van der Waals surface area contributed by atoms with Crippen molar-refractivity contribution in [3.8, 4) is 0 Å². The van der Waals surface area contributed by atoms with Gasteiger partial charge in [-0.15, -0.1) is 0 Å². The van der Waals surface area contributed by atoms with E-state index >= 15 is 0 Å². The van der Waals surface area contributed by atoms with E-state index in [1.165, 1.54) is 5.56 Å². The zero-order valence-electron chi connectivity index (χ0n) is 9.89. The number of rotatable bonds is 6. The number of hydrogen-bond acceptors (Lipinski definition) is 2. The predicted octanol–water partition coefficient (Wildman–Crippen LogP) is 2.20. The summed E-state index contributed by atoms with van der Waals surface area (Å²) in [5.74, 6) is -0.306. The van der Waals surface area contributed by atoms with Crippen molar-refractivity contribution in [2.75, 3.05) is 20.1 Å². The molecule has 3 heteroatoms. The van der Waals surface area contributed by atoms with Crippen LogP contribution in [0.5, 0.6) is 0 Å². The second-order valence-corrected chi connectivity index (χ2v) is 4.22. The first-order chi connectivity index (χ1) is 7.59. The molecule has 1 N–H and O–H groups in total. The molecule has 1 rings (SSSR count). The highest BCUT2D eigenvalue weighted by Crippen LogP contribution is 2.15. The van der Waals surface area contributed by atoms with Crippen LogP contribution in [0.1, 0.15) is 24.8 Å². The normalized spacial score (nSPS) is 12.7. The molecule has 88 valence electrons. The fourth-order valence-electron chi connectivity index (χ4n) is 1.73. The van der Waals surface area contributed by atoms with Gasteiger partial charge in [0.25, 0.3) is 0 Å². The quantitative estimate of drug-likeness (QED) is 0.800. The van der Waals surface area contributed by atoms with Gasteiger partial charge in [0.15, 0.2) is 0 Å². The molecule has 0 aliphatic rings. The summed E-state index contributed by atoms with van der Waals surface area (Å²) in [5.41, 5.74) is 1.30. The Kier molecular flexibility index (Phi) is 4.99. The molecule has 0 aromatic heterocycles. The third kappa shape index (κ3) is 4.45. The topological polar surface area (TPSA) is 40.5 Å². The second-order valence-electron chi connectivity index (χ2n) is 4.22. The molecule has 1 atom stereocenters. The average Bonchev–Trinajstić information content (AvgIpc) is 2.27. The fraction of sp³-hybridized carbons (Fsp3) is 0.462. The molecule has 1 aromatic rings. The zero-order chi connectivity index (χ0) is 12.0. The van der Waals surface area contributed by atoms with Gasteiger partial charge in [-0.25, -0.2) is 0 Å². The number of carboxylic acids is 1. The minimum atomic E-state index is -0.737. The maximum atomic E-state index is 10.4. The van der Waals surface area contributed by atoms with E-state index in [0.717, 1.165) is 6.54 Å². The zero-order valence-corrected chi connectivity index (χ0v) is 9.89. The largest absolute Gasteiger partial charge is 0.481 e. The molecule has 0 saturated heterocycles. The second kappa shape index (κ2) is 6.28. The fourth-order valence-corrected chi connectivity index (χ4v) is 1.73. The summed E-state index contributed by atoms with van der Waals surface area (Å²) in [6.07, 6.45) is 0.206. The molecule has 0 spiro atoms. The molecular formula is C13H19NO2. The first-order valence-corrected chi connectivity index (χ1v) is 5.55. The number of carboxylic acid groups (broad SMARTS) is 1. The smallest absolute Gasteiger partial charge is 0.304 e. The molecule has 0 bridgehead atoms. The van der Waals surface area contributed by atoms with Gasteiger partial charge < -0.3 is 10.0 Å². The molecule has 0 radical (unpaired) electrons. The highest BCUT2D eigenvalue weighted by atomic mass is 16.4. The summed E-state index contributed by atoms with van der Waals surface area (Å²) in [6, 6.07) is 10.3. The average molecular weight is 221 g/mol. The third-order valence-corrected chi connectivity index (χ3v) is 2.66. The van der Waals surface area contributed by atoms with Gasteiger partial charge in [0.05, 0.1) is 6.42 Å². The monoisotopic (exact) mass is 221 g/mol. The Balaban J connectivity index is 2.39. The van der Waals surface area contributed by atoms with Crippen LogP contribution in [-0.4, -0.2) is 36.1 Å². The Morgan fingerprint density at radius 2 is 2.00 bits per heavy atom. The Bertz CT molecular complexity index is 324. The van der Waals surface area contributed by atoms with Crippen molar-refractivity contribution in [3.63, 3.8) is 0 Å². The molecule has 1 unspecified atom stereocenters. The van der Waals surface area contributed by atoms with Crippen molar-refractivity contribution in [3.05, 3.63) is 35.9 Å². The maximum Gasteiger partial charge on any atom is 0.304 e. The van der Waals surface area contributed by atoms with Gasteiger partial charge in [-0.05, 0) is 18.5 Å². The van der Waals surface area contributed by atoms with Gasteiger partial charge in [0, 0.05) is 13.1 Å². The third-order valence-electron chi connectivity index (χ3n) is 2.66. The van der Waals surface area contributed by atoms with Crippen LogP contribution in [0.15, 0.2) is 30.3 Å². The van der Waals surface area contributed by atoms with E-state index in [0.29, 0.717) is 12.5 Å². The Morgan fingerprint density at radius 3 is 2.56 bits per heavy atom. The van der Waals surface area contributed by atoms with Gasteiger partial charge in [0.1, 0.15) is 0 Å². The van der Waals surface area contributed by atoms with Crippen LogP contribution in [0.25, 0.3) is 0 Å². The molecule has 0 amide bonds. The van der Waals surface area contributed by atoms with Crippen LogP contribution in [0.3, 0.4) is 0 Å². The Labute approximate surface area is 96.7 Å². The summed E-state index contributed by atoms with van der Waals surface area (Å²) < 4.78 is 0. The lowest BCUT2D eigenvalue weighted by Crippen LogP contribution is -2.26. The van der Waals surface area contributed by atoms with Gasteiger partial charge in [-0.1, -0.05) is 37.3 Å². The maximum absolute atomic E-state index is 10.4. The molecule has 16 heavy (non-hydrogen) atoms. The lowest BCUT2D eigenvalue weighted by Gasteiger charge is -2.20. The molecule has 1 aromatic carbocycles. The van der Waals surface area contributed by atoms with Crippen molar-refractivity contribution >= 4 is 5.97 Å². The lowest BCUT2D eigenvalue weighted by molar-refractivity contribution is -0.137. The van der Waals surface area contributed by atoms with Crippen molar-refractivity contribution in [1.29, 1.82) is 0 Å². The van der Waals surface area contributed by atoms with Crippen LogP contribution in [-0.2, 0) is 4.79 Å². The van der Waals surface area contributed by atoms with Crippen molar-refractivity contribution in [1.82, 2.24) is 4.90 Å². The molecule has 0 aliphatic carbocycles.